The Bertz CT molecular complexity index is 1450. The number of nitrogen functional groups attached to an aromatic ring is 1. The number of fused-ring (bicyclic) bond motifs is 2. The SMILES string of the molecule is CCn1c(CNC(=O)c2nc3cc[nH]c3nc2N)[n+](CC)c2ccc(C(=O)N3CCC(C)CC3)cc21. The standard InChI is InChI=1S/C26H32N8O2/c1-4-33-19-7-6-17(26(36)32-12-9-16(3)10-13-32)14-20(19)34(5-2)21(33)15-29-25(35)22-23(27)31-24-18(30-22)8-11-28-24/h6-8,11,14,16H,4-5,9-10,12-13,15H2,1-3H3,(H3-,27,28,29,30,31,35)/p+1. The van der Waals surface area contributed by atoms with Crippen molar-refractivity contribution < 1.29 is 14.2 Å². The Morgan fingerprint density at radius 1 is 1.19 bits per heavy atom. The smallest absolute Gasteiger partial charge is 0.277 e. The topological polar surface area (TPSA) is 126 Å². The number of imidazole rings is 1. The zero-order valence-corrected chi connectivity index (χ0v) is 21.0. The highest BCUT2D eigenvalue weighted by Gasteiger charge is 2.27. The largest absolute Gasteiger partial charge is 0.382 e. The number of aromatic nitrogens is 5. The van der Waals surface area contributed by atoms with E-state index in [0.29, 0.717) is 29.2 Å². The average molecular weight is 490 g/mol. The van der Waals surface area contributed by atoms with Crippen molar-refractivity contribution >= 4 is 39.8 Å². The second-order valence-electron chi connectivity index (χ2n) is 9.43. The number of anilines is 1. The van der Waals surface area contributed by atoms with Crippen LogP contribution in [-0.2, 0) is 19.6 Å². The Kier molecular flexibility index (Phi) is 6.34. The van der Waals surface area contributed by atoms with Crippen molar-refractivity contribution in [3.63, 3.8) is 0 Å². The number of nitrogens with two attached hydrogens (primary N) is 1. The van der Waals surface area contributed by atoms with Crippen LogP contribution in [0, 0.1) is 5.92 Å². The molecule has 1 aromatic carbocycles. The lowest BCUT2D eigenvalue weighted by Gasteiger charge is -2.30. The average Bonchev–Trinajstić information content (AvgIpc) is 3.47. The number of H-pyrrole nitrogens is 1. The van der Waals surface area contributed by atoms with Crippen molar-refractivity contribution in [1.82, 2.24) is 29.7 Å². The van der Waals surface area contributed by atoms with Crippen LogP contribution in [0.1, 0.15) is 60.3 Å². The minimum Gasteiger partial charge on any atom is -0.382 e. The van der Waals surface area contributed by atoms with E-state index in [2.05, 4.69) is 50.2 Å². The maximum Gasteiger partial charge on any atom is 0.277 e. The van der Waals surface area contributed by atoms with Crippen molar-refractivity contribution in [3.05, 3.63) is 47.5 Å². The predicted octanol–water partition coefficient (Wildman–Crippen LogP) is 2.62. The second kappa shape index (κ2) is 9.60. The van der Waals surface area contributed by atoms with E-state index in [4.69, 9.17) is 5.73 Å². The summed E-state index contributed by atoms with van der Waals surface area (Å²) in [6, 6.07) is 7.67. The first-order chi connectivity index (χ1) is 17.4. The van der Waals surface area contributed by atoms with Crippen molar-refractivity contribution in [1.29, 1.82) is 0 Å². The molecule has 5 rings (SSSR count). The van der Waals surface area contributed by atoms with Crippen molar-refractivity contribution in [2.45, 2.75) is 53.2 Å². The van der Waals surface area contributed by atoms with Crippen LogP contribution in [0.3, 0.4) is 0 Å². The highest BCUT2D eigenvalue weighted by molar-refractivity contribution is 5.98. The summed E-state index contributed by atoms with van der Waals surface area (Å²) in [5.74, 6) is 1.39. The molecule has 3 aromatic heterocycles. The van der Waals surface area contributed by atoms with E-state index in [0.717, 1.165) is 49.3 Å². The van der Waals surface area contributed by atoms with Crippen LogP contribution in [0.25, 0.3) is 22.2 Å². The molecule has 188 valence electrons. The molecule has 4 heterocycles. The summed E-state index contributed by atoms with van der Waals surface area (Å²) in [6.07, 6.45) is 3.80. The molecule has 0 unspecified atom stereocenters. The fourth-order valence-corrected chi connectivity index (χ4v) is 5.11. The van der Waals surface area contributed by atoms with E-state index >= 15 is 0 Å². The Morgan fingerprint density at radius 2 is 1.97 bits per heavy atom. The third-order valence-corrected chi connectivity index (χ3v) is 7.16. The molecule has 10 nitrogen and oxygen atoms in total. The van der Waals surface area contributed by atoms with Crippen LogP contribution in [0.5, 0.6) is 0 Å². The number of carbonyl (C=O) groups is 2. The van der Waals surface area contributed by atoms with Crippen LogP contribution in [0.4, 0.5) is 5.82 Å². The number of hydrogen-bond acceptors (Lipinski definition) is 5. The fraction of sp³-hybridized carbons (Fsp3) is 0.423. The highest BCUT2D eigenvalue weighted by Crippen LogP contribution is 2.22. The number of amides is 2. The van der Waals surface area contributed by atoms with Gasteiger partial charge in [0.05, 0.1) is 13.1 Å². The van der Waals surface area contributed by atoms with E-state index in [1.165, 1.54) is 0 Å². The number of hydrogen-bond donors (Lipinski definition) is 3. The lowest BCUT2D eigenvalue weighted by molar-refractivity contribution is -0.676. The van der Waals surface area contributed by atoms with E-state index in [9.17, 15) is 9.59 Å². The fourth-order valence-electron chi connectivity index (χ4n) is 5.11. The normalized spacial score (nSPS) is 14.6. The molecule has 1 fully saturated rings. The van der Waals surface area contributed by atoms with Gasteiger partial charge >= 0.3 is 0 Å². The molecule has 0 bridgehead atoms. The van der Waals surface area contributed by atoms with Gasteiger partial charge in [0.15, 0.2) is 28.2 Å². The summed E-state index contributed by atoms with van der Waals surface area (Å²) in [5, 5.41) is 2.97. The number of rotatable bonds is 6. The van der Waals surface area contributed by atoms with Crippen molar-refractivity contribution in [3.8, 4) is 0 Å². The van der Waals surface area contributed by atoms with Gasteiger partial charge < -0.3 is 20.9 Å². The molecular formula is C26H33N8O2+. The summed E-state index contributed by atoms with van der Waals surface area (Å²) in [4.78, 5) is 39.7. The number of piperidine rings is 1. The van der Waals surface area contributed by atoms with E-state index in [1.54, 1.807) is 12.3 Å². The number of benzene rings is 1. The van der Waals surface area contributed by atoms with E-state index < -0.39 is 0 Å². The maximum atomic E-state index is 13.2. The third-order valence-electron chi connectivity index (χ3n) is 7.16. The lowest BCUT2D eigenvalue weighted by atomic mass is 9.98. The summed E-state index contributed by atoms with van der Waals surface area (Å²) < 4.78 is 4.32. The molecule has 36 heavy (non-hydrogen) atoms. The van der Waals surface area contributed by atoms with Gasteiger partial charge in [-0.2, -0.15) is 0 Å². The zero-order valence-electron chi connectivity index (χ0n) is 21.0. The predicted molar refractivity (Wildman–Crippen MR) is 137 cm³/mol. The molecule has 4 N–H and O–H groups in total. The minimum atomic E-state index is -0.381. The first kappa shape index (κ1) is 23.8. The van der Waals surface area contributed by atoms with Crippen molar-refractivity contribution in [2.24, 2.45) is 5.92 Å². The van der Waals surface area contributed by atoms with Crippen LogP contribution in [-0.4, -0.2) is 49.3 Å². The van der Waals surface area contributed by atoms with Gasteiger partial charge in [-0.15, -0.1) is 0 Å². The number of aryl methyl sites for hydroxylation is 2. The highest BCUT2D eigenvalue weighted by atomic mass is 16.2. The molecule has 0 saturated carbocycles. The molecule has 4 aromatic rings. The van der Waals surface area contributed by atoms with Crippen LogP contribution >= 0.6 is 0 Å². The van der Waals surface area contributed by atoms with Crippen LogP contribution < -0.4 is 15.6 Å². The Labute approximate surface area is 209 Å². The van der Waals surface area contributed by atoms with Gasteiger partial charge in [0, 0.05) is 30.9 Å². The number of carbonyl (C=O) groups excluding carboxylic acids is 2. The number of likely N-dealkylation sites (tertiary alicyclic amines) is 1. The van der Waals surface area contributed by atoms with Crippen LogP contribution in [0.2, 0.25) is 0 Å². The molecule has 10 heteroatoms. The summed E-state index contributed by atoms with van der Waals surface area (Å²) in [6.45, 7) is 9.70. The first-order valence-corrected chi connectivity index (χ1v) is 12.6. The Balaban J connectivity index is 1.43. The number of nitrogens with zero attached hydrogens (tertiary/aromatic N) is 5. The van der Waals surface area contributed by atoms with Gasteiger partial charge in [0.2, 0.25) is 0 Å². The maximum absolute atomic E-state index is 13.2. The third kappa shape index (κ3) is 4.16. The first-order valence-electron chi connectivity index (χ1n) is 12.6. The lowest BCUT2D eigenvalue weighted by Crippen LogP contribution is -2.40. The second-order valence-corrected chi connectivity index (χ2v) is 9.43. The molecule has 0 aliphatic carbocycles. The molecule has 0 spiro atoms. The van der Waals surface area contributed by atoms with Crippen molar-refractivity contribution in [2.75, 3.05) is 18.8 Å². The monoisotopic (exact) mass is 489 g/mol. The van der Waals surface area contributed by atoms with E-state index in [-0.39, 0.29) is 29.9 Å². The molecule has 2 amide bonds. The van der Waals surface area contributed by atoms with Gasteiger partial charge in [-0.25, -0.2) is 19.1 Å². The minimum absolute atomic E-state index is 0.0807. The molecule has 0 radical (unpaired) electrons. The van der Waals surface area contributed by atoms with Gasteiger partial charge in [-0.05, 0) is 50.8 Å². The Morgan fingerprint density at radius 3 is 2.69 bits per heavy atom. The van der Waals surface area contributed by atoms with Gasteiger partial charge in [0.1, 0.15) is 12.1 Å². The summed E-state index contributed by atoms with van der Waals surface area (Å²) in [5.41, 5.74) is 9.94. The molecular weight excluding hydrogens is 456 g/mol. The molecule has 1 aliphatic heterocycles. The summed E-state index contributed by atoms with van der Waals surface area (Å²) >= 11 is 0. The number of nitrogens with one attached hydrogen (secondary N) is 2. The number of aromatic amines is 1. The van der Waals surface area contributed by atoms with E-state index in [1.807, 2.05) is 23.1 Å². The van der Waals surface area contributed by atoms with Gasteiger partial charge in [0.25, 0.3) is 17.6 Å². The Hall–Kier alpha value is -3.95. The summed E-state index contributed by atoms with van der Waals surface area (Å²) in [7, 11) is 0. The molecule has 1 saturated heterocycles. The molecule has 1 aliphatic rings. The zero-order chi connectivity index (χ0) is 25.4. The molecule has 0 atom stereocenters. The quantitative estimate of drug-likeness (QED) is 0.359. The van der Waals surface area contributed by atoms with Gasteiger partial charge in [-0.3, -0.25) is 9.59 Å². The van der Waals surface area contributed by atoms with Gasteiger partial charge in [-0.1, -0.05) is 6.92 Å². The van der Waals surface area contributed by atoms with Crippen LogP contribution in [0.15, 0.2) is 30.5 Å².